The van der Waals surface area contributed by atoms with Gasteiger partial charge in [0.05, 0.1) is 19.5 Å². The predicted octanol–water partition coefficient (Wildman–Crippen LogP) is 5.13. The zero-order valence-corrected chi connectivity index (χ0v) is 16.8. The molecule has 28 heavy (non-hydrogen) atoms. The maximum Gasteiger partial charge on any atom is 0.341 e. The average molecular weight is 397 g/mol. The first-order valence-corrected chi connectivity index (χ1v) is 10.3. The molecule has 4 rings (SSSR count). The summed E-state index contributed by atoms with van der Waals surface area (Å²) in [5, 5.41) is 0.676. The normalized spacial score (nSPS) is 25.1. The van der Waals surface area contributed by atoms with E-state index in [0.29, 0.717) is 11.1 Å². The van der Waals surface area contributed by atoms with E-state index in [9.17, 15) is 4.79 Å². The molecule has 0 aromatic heterocycles. The molecule has 146 valence electrons. The van der Waals surface area contributed by atoms with Crippen LogP contribution in [0.5, 0.6) is 0 Å². The lowest BCUT2D eigenvalue weighted by Gasteiger charge is -2.41. The molecule has 1 saturated carbocycles. The van der Waals surface area contributed by atoms with E-state index in [1.54, 1.807) is 0 Å². The van der Waals surface area contributed by atoms with Crippen LogP contribution < -0.4 is 0 Å². The minimum absolute atomic E-state index is 0.261. The van der Waals surface area contributed by atoms with Gasteiger partial charge in [0.1, 0.15) is 0 Å². The molecule has 1 aliphatic heterocycles. The second kappa shape index (κ2) is 7.96. The van der Waals surface area contributed by atoms with Crippen molar-refractivity contribution in [1.29, 1.82) is 0 Å². The Morgan fingerprint density at radius 3 is 2.39 bits per heavy atom. The third-order valence-electron chi connectivity index (χ3n) is 5.98. The fraction of sp³-hybridized carbons (Fsp3) is 0.391. The van der Waals surface area contributed by atoms with Crippen molar-refractivity contribution in [3.05, 3.63) is 70.7 Å². The van der Waals surface area contributed by atoms with E-state index in [4.69, 9.17) is 21.3 Å². The highest BCUT2D eigenvalue weighted by atomic mass is 35.5. The summed E-state index contributed by atoms with van der Waals surface area (Å²) in [5.41, 5.74) is 0.736. The molecular formula is C23H25ClN2O2. The van der Waals surface area contributed by atoms with Crippen LogP contribution in [0.15, 0.2) is 59.6 Å². The van der Waals surface area contributed by atoms with Crippen molar-refractivity contribution in [2.45, 2.75) is 49.7 Å². The maximum atomic E-state index is 13.2. The summed E-state index contributed by atoms with van der Waals surface area (Å²) >= 11 is 6.14. The summed E-state index contributed by atoms with van der Waals surface area (Å²) in [4.78, 5) is 20.3. The highest BCUT2D eigenvalue weighted by Gasteiger charge is 2.55. The molecule has 5 heteroatoms. The van der Waals surface area contributed by atoms with Gasteiger partial charge in [-0.3, -0.25) is 0 Å². The average Bonchev–Trinajstić information content (AvgIpc) is 3.16. The van der Waals surface area contributed by atoms with E-state index in [0.717, 1.165) is 24.0 Å². The van der Waals surface area contributed by atoms with E-state index >= 15 is 0 Å². The van der Waals surface area contributed by atoms with E-state index in [2.05, 4.69) is 4.90 Å². The summed E-state index contributed by atoms with van der Waals surface area (Å²) in [6.45, 7) is 0. The number of methoxy groups -OCH3 is 1. The molecule has 2 aliphatic rings. The van der Waals surface area contributed by atoms with E-state index in [-0.39, 0.29) is 12.0 Å². The Labute approximate surface area is 171 Å². The summed E-state index contributed by atoms with van der Waals surface area (Å²) < 4.78 is 5.30. The Balaban J connectivity index is 1.86. The first-order chi connectivity index (χ1) is 13.7. The predicted molar refractivity (Wildman–Crippen MR) is 112 cm³/mol. The number of halogens is 1. The molecule has 2 aromatic carbocycles. The van der Waals surface area contributed by atoms with Crippen LogP contribution in [0.3, 0.4) is 0 Å². The molecule has 0 radical (unpaired) electrons. The molecule has 0 spiro atoms. The van der Waals surface area contributed by atoms with Crippen LogP contribution in [-0.4, -0.2) is 30.4 Å². The molecule has 1 fully saturated rings. The van der Waals surface area contributed by atoms with Gasteiger partial charge in [0.15, 0.2) is 0 Å². The Morgan fingerprint density at radius 1 is 1.07 bits per heavy atom. The van der Waals surface area contributed by atoms with Gasteiger partial charge in [0, 0.05) is 11.1 Å². The Hall–Kier alpha value is -2.33. The third kappa shape index (κ3) is 3.20. The number of esters is 1. The summed E-state index contributed by atoms with van der Waals surface area (Å²) in [7, 11) is 1.44. The maximum absolute atomic E-state index is 13.2. The van der Waals surface area contributed by atoms with Gasteiger partial charge in [-0.15, -0.1) is 0 Å². The van der Waals surface area contributed by atoms with Crippen LogP contribution in [0.4, 0.5) is 0 Å². The van der Waals surface area contributed by atoms with Crippen LogP contribution in [0.1, 0.15) is 49.3 Å². The molecular weight excluding hydrogens is 372 g/mol. The molecule has 4 nitrogen and oxygen atoms in total. The lowest BCUT2D eigenvalue weighted by molar-refractivity contribution is -0.149. The smallest absolute Gasteiger partial charge is 0.341 e. The van der Waals surface area contributed by atoms with Crippen molar-refractivity contribution in [2.75, 3.05) is 7.11 Å². The second-order valence-electron chi connectivity index (χ2n) is 7.56. The van der Waals surface area contributed by atoms with E-state index < -0.39 is 5.54 Å². The summed E-state index contributed by atoms with van der Waals surface area (Å²) in [6.07, 6.45) is 7.79. The van der Waals surface area contributed by atoms with Crippen LogP contribution in [0, 0.1) is 0 Å². The topological polar surface area (TPSA) is 41.9 Å². The number of carbonyl (C=O) groups excluding carboxylic acids is 1. The second-order valence-corrected chi connectivity index (χ2v) is 8.00. The van der Waals surface area contributed by atoms with Crippen molar-refractivity contribution >= 4 is 23.9 Å². The molecule has 1 heterocycles. The number of hydrogen-bond donors (Lipinski definition) is 0. The Morgan fingerprint density at radius 2 is 1.75 bits per heavy atom. The van der Waals surface area contributed by atoms with Gasteiger partial charge in [-0.05, 0) is 36.1 Å². The third-order valence-corrected chi connectivity index (χ3v) is 6.23. The molecule has 2 aromatic rings. The number of ether oxygens (including phenoxy) is 1. The van der Waals surface area contributed by atoms with Gasteiger partial charge in [-0.2, -0.15) is 0 Å². The number of rotatable bonds is 4. The van der Waals surface area contributed by atoms with Crippen molar-refractivity contribution in [3.63, 3.8) is 0 Å². The minimum Gasteiger partial charge on any atom is -0.467 e. The number of nitrogens with zero attached hydrogens (tertiary/aromatic N) is 2. The van der Waals surface area contributed by atoms with Crippen molar-refractivity contribution < 1.29 is 9.53 Å². The van der Waals surface area contributed by atoms with Gasteiger partial charge in [-0.25, -0.2) is 9.79 Å². The Kier molecular flexibility index (Phi) is 5.40. The molecule has 0 bridgehead atoms. The van der Waals surface area contributed by atoms with Gasteiger partial charge in [0.25, 0.3) is 0 Å². The number of hydrogen-bond acceptors (Lipinski definition) is 4. The molecule has 1 aliphatic carbocycles. The lowest BCUT2D eigenvalue weighted by Crippen LogP contribution is -2.46. The van der Waals surface area contributed by atoms with Crippen LogP contribution in [-0.2, 0) is 15.1 Å². The lowest BCUT2D eigenvalue weighted by atomic mass is 9.78. The number of carbonyl (C=O) groups is 1. The van der Waals surface area contributed by atoms with E-state index in [1.807, 2.05) is 60.9 Å². The van der Waals surface area contributed by atoms with Crippen LogP contribution >= 0.6 is 11.6 Å². The number of aliphatic imine (C=N–C) groups is 1. The van der Waals surface area contributed by atoms with Crippen LogP contribution in [0.2, 0.25) is 5.02 Å². The van der Waals surface area contributed by atoms with Gasteiger partial charge in [-0.1, -0.05) is 73.3 Å². The monoisotopic (exact) mass is 396 g/mol. The fourth-order valence-electron chi connectivity index (χ4n) is 4.62. The molecule has 0 amide bonds. The van der Waals surface area contributed by atoms with Gasteiger partial charge in [0.2, 0.25) is 5.54 Å². The molecule has 0 saturated heterocycles. The quantitative estimate of drug-likeness (QED) is 0.673. The van der Waals surface area contributed by atoms with E-state index in [1.165, 1.54) is 26.4 Å². The standard InChI is InChI=1S/C23H25ClN2O2/c1-28-22(27)23(18-8-4-2-5-9-18)21(17-12-14-19(24)15-13-17)26(16-25-23)20-10-6-3-7-11-20/h2,4-5,8-9,12-16,20-21H,3,6-7,10-11H2,1H3. The number of benzene rings is 2. The van der Waals surface area contributed by atoms with Crippen molar-refractivity contribution in [3.8, 4) is 0 Å². The summed E-state index contributed by atoms with van der Waals surface area (Å²) in [5.74, 6) is -0.340. The fourth-order valence-corrected chi connectivity index (χ4v) is 4.74. The molecule has 0 N–H and O–H groups in total. The molecule has 2 unspecified atom stereocenters. The minimum atomic E-state index is -1.12. The highest BCUT2D eigenvalue weighted by molar-refractivity contribution is 6.30. The molecule has 2 atom stereocenters. The first-order valence-electron chi connectivity index (χ1n) is 9.89. The highest BCUT2D eigenvalue weighted by Crippen LogP contribution is 2.48. The first kappa shape index (κ1) is 19.0. The van der Waals surface area contributed by atoms with Gasteiger partial charge < -0.3 is 9.64 Å². The zero-order chi connectivity index (χ0) is 19.6. The zero-order valence-electron chi connectivity index (χ0n) is 16.1. The Bertz CT molecular complexity index is 847. The largest absolute Gasteiger partial charge is 0.467 e. The van der Waals surface area contributed by atoms with Crippen molar-refractivity contribution in [2.24, 2.45) is 4.99 Å². The SMILES string of the molecule is COC(=O)C1(c2ccccc2)N=CN(C2CCCCC2)C1c1ccc(Cl)cc1. The summed E-state index contributed by atoms with van der Waals surface area (Å²) in [6, 6.07) is 17.6. The van der Waals surface area contributed by atoms with Crippen molar-refractivity contribution in [1.82, 2.24) is 4.90 Å². The van der Waals surface area contributed by atoms with Gasteiger partial charge >= 0.3 is 5.97 Å². The van der Waals surface area contributed by atoms with Crippen LogP contribution in [0.25, 0.3) is 0 Å².